The van der Waals surface area contributed by atoms with Gasteiger partial charge in [0.05, 0.1) is 12.4 Å². The van der Waals surface area contributed by atoms with Crippen molar-refractivity contribution in [2.24, 2.45) is 5.84 Å². The molecule has 7 heteroatoms. The van der Waals surface area contributed by atoms with Crippen molar-refractivity contribution in [1.29, 1.82) is 0 Å². The second-order valence-corrected chi connectivity index (χ2v) is 5.49. The monoisotopic (exact) mass is 283 g/mol. The van der Waals surface area contributed by atoms with Gasteiger partial charge in [-0.1, -0.05) is 13.8 Å². The maximum Gasteiger partial charge on any atom is 0.271 e. The summed E-state index contributed by atoms with van der Waals surface area (Å²) in [4.78, 5) is 20.0. The summed E-state index contributed by atoms with van der Waals surface area (Å²) in [6.07, 6.45) is 6.95. The van der Waals surface area contributed by atoms with E-state index in [0.717, 1.165) is 12.8 Å². The Morgan fingerprint density at radius 1 is 1.42 bits per heavy atom. The standard InChI is InChI=1S/C12H21N5OS/c1-4-12(5-2,19-3)8-15-11(18)9-6-14-7-10(16-9)17-13/h6-7H,4-5,8,13H2,1-3H3,(H,15,18)(H,16,17). The van der Waals surface area contributed by atoms with E-state index in [1.165, 1.54) is 12.4 Å². The molecule has 0 spiro atoms. The number of hydrogen-bond donors (Lipinski definition) is 3. The minimum atomic E-state index is -0.232. The Morgan fingerprint density at radius 3 is 2.63 bits per heavy atom. The van der Waals surface area contributed by atoms with E-state index in [4.69, 9.17) is 5.84 Å². The number of nitrogens with two attached hydrogens (primary N) is 1. The van der Waals surface area contributed by atoms with E-state index in [-0.39, 0.29) is 16.3 Å². The van der Waals surface area contributed by atoms with Gasteiger partial charge in [-0.2, -0.15) is 11.8 Å². The van der Waals surface area contributed by atoms with Gasteiger partial charge in [0.2, 0.25) is 0 Å². The number of nitrogens with zero attached hydrogens (tertiary/aromatic N) is 2. The highest BCUT2D eigenvalue weighted by Gasteiger charge is 2.25. The molecule has 1 aromatic rings. The Hall–Kier alpha value is -1.34. The number of thioether (sulfide) groups is 1. The molecule has 0 bridgehead atoms. The third kappa shape index (κ3) is 4.07. The molecule has 6 nitrogen and oxygen atoms in total. The average molecular weight is 283 g/mol. The van der Waals surface area contributed by atoms with Crippen LogP contribution in [0.15, 0.2) is 12.4 Å². The molecule has 0 saturated heterocycles. The molecular weight excluding hydrogens is 262 g/mol. The molecular formula is C12H21N5OS. The topological polar surface area (TPSA) is 92.9 Å². The number of carbonyl (C=O) groups is 1. The first-order valence-corrected chi connectivity index (χ1v) is 7.45. The van der Waals surface area contributed by atoms with Gasteiger partial charge in [0.25, 0.3) is 5.91 Å². The van der Waals surface area contributed by atoms with Crippen LogP contribution in [0.4, 0.5) is 5.82 Å². The van der Waals surface area contributed by atoms with E-state index in [2.05, 4.69) is 40.8 Å². The lowest BCUT2D eigenvalue weighted by Crippen LogP contribution is -2.40. The molecule has 106 valence electrons. The Morgan fingerprint density at radius 2 is 2.11 bits per heavy atom. The van der Waals surface area contributed by atoms with Gasteiger partial charge < -0.3 is 10.7 Å². The van der Waals surface area contributed by atoms with Crippen LogP contribution in [0.25, 0.3) is 0 Å². The lowest BCUT2D eigenvalue weighted by molar-refractivity contribution is 0.0943. The van der Waals surface area contributed by atoms with Crippen LogP contribution < -0.4 is 16.6 Å². The number of anilines is 1. The van der Waals surface area contributed by atoms with Crippen molar-refractivity contribution in [2.45, 2.75) is 31.4 Å². The number of hydrogen-bond acceptors (Lipinski definition) is 6. The highest BCUT2D eigenvalue weighted by molar-refractivity contribution is 8.00. The van der Waals surface area contributed by atoms with Gasteiger partial charge in [0, 0.05) is 11.3 Å². The summed E-state index contributed by atoms with van der Waals surface area (Å²) in [6.45, 7) is 4.87. The smallest absolute Gasteiger partial charge is 0.271 e. The lowest BCUT2D eigenvalue weighted by Gasteiger charge is -2.29. The second-order valence-electron chi connectivity index (χ2n) is 4.21. The molecule has 0 aliphatic rings. The number of hydrazine groups is 1. The highest BCUT2D eigenvalue weighted by atomic mass is 32.2. The Bertz CT molecular complexity index is 414. The number of amides is 1. The third-order valence-electron chi connectivity index (χ3n) is 3.31. The first-order valence-electron chi connectivity index (χ1n) is 6.22. The van der Waals surface area contributed by atoms with E-state index in [1.54, 1.807) is 11.8 Å². The van der Waals surface area contributed by atoms with Crippen LogP contribution in [0.5, 0.6) is 0 Å². The maximum absolute atomic E-state index is 12.0. The van der Waals surface area contributed by atoms with Crippen LogP contribution >= 0.6 is 11.8 Å². The molecule has 0 atom stereocenters. The molecule has 1 aromatic heterocycles. The van der Waals surface area contributed by atoms with Gasteiger partial charge in [0.1, 0.15) is 5.69 Å². The Kier molecular flexibility index (Phi) is 6.04. The van der Waals surface area contributed by atoms with Crippen LogP contribution in [-0.4, -0.2) is 33.4 Å². The fourth-order valence-electron chi connectivity index (χ4n) is 1.74. The summed E-state index contributed by atoms with van der Waals surface area (Å²) in [7, 11) is 0. The molecule has 19 heavy (non-hydrogen) atoms. The number of carbonyl (C=O) groups excluding carboxylic acids is 1. The van der Waals surface area contributed by atoms with Crippen LogP contribution in [0.3, 0.4) is 0 Å². The molecule has 1 amide bonds. The molecule has 0 saturated carbocycles. The first kappa shape index (κ1) is 15.7. The van der Waals surface area contributed by atoms with Crippen molar-refractivity contribution >= 4 is 23.5 Å². The summed E-state index contributed by atoms with van der Waals surface area (Å²) >= 11 is 1.78. The molecule has 0 aliphatic carbocycles. The zero-order valence-corrected chi connectivity index (χ0v) is 12.4. The normalized spacial score (nSPS) is 11.2. The number of aromatic nitrogens is 2. The number of nitrogen functional groups attached to an aromatic ring is 1. The Balaban J connectivity index is 2.69. The molecule has 0 fully saturated rings. The van der Waals surface area contributed by atoms with E-state index in [0.29, 0.717) is 12.4 Å². The van der Waals surface area contributed by atoms with E-state index in [1.807, 2.05) is 0 Å². The van der Waals surface area contributed by atoms with Crippen molar-refractivity contribution in [2.75, 3.05) is 18.2 Å². The lowest BCUT2D eigenvalue weighted by atomic mass is 10.0. The van der Waals surface area contributed by atoms with Gasteiger partial charge in [-0.15, -0.1) is 0 Å². The Labute approximate surface area is 117 Å². The summed E-state index contributed by atoms with van der Waals surface area (Å²) in [5.74, 6) is 5.38. The maximum atomic E-state index is 12.0. The van der Waals surface area contributed by atoms with Gasteiger partial charge in [0.15, 0.2) is 5.82 Å². The molecule has 1 heterocycles. The van der Waals surface area contributed by atoms with Crippen molar-refractivity contribution in [3.8, 4) is 0 Å². The predicted molar refractivity (Wildman–Crippen MR) is 79.0 cm³/mol. The predicted octanol–water partition coefficient (Wildman–Crippen LogP) is 1.41. The first-order chi connectivity index (χ1) is 9.10. The fourth-order valence-corrected chi connectivity index (χ4v) is 2.53. The highest BCUT2D eigenvalue weighted by Crippen LogP contribution is 2.29. The summed E-state index contributed by atoms with van der Waals surface area (Å²) in [5, 5.41) is 2.91. The molecule has 0 aromatic carbocycles. The van der Waals surface area contributed by atoms with Gasteiger partial charge in [-0.05, 0) is 19.1 Å². The van der Waals surface area contributed by atoms with Crippen LogP contribution in [0.1, 0.15) is 37.2 Å². The van der Waals surface area contributed by atoms with Crippen LogP contribution in [-0.2, 0) is 0 Å². The van der Waals surface area contributed by atoms with Crippen molar-refractivity contribution < 1.29 is 4.79 Å². The van der Waals surface area contributed by atoms with Crippen LogP contribution in [0.2, 0.25) is 0 Å². The zero-order valence-electron chi connectivity index (χ0n) is 11.6. The van der Waals surface area contributed by atoms with Gasteiger partial charge >= 0.3 is 0 Å². The summed E-state index contributed by atoms with van der Waals surface area (Å²) in [6, 6.07) is 0. The number of rotatable bonds is 7. The molecule has 1 rings (SSSR count). The minimum Gasteiger partial charge on any atom is -0.349 e. The van der Waals surface area contributed by atoms with Crippen molar-refractivity contribution in [3.63, 3.8) is 0 Å². The summed E-state index contributed by atoms with van der Waals surface area (Å²) in [5.41, 5.74) is 2.63. The largest absolute Gasteiger partial charge is 0.349 e. The second kappa shape index (κ2) is 7.30. The molecule has 0 unspecified atom stereocenters. The SMILES string of the molecule is CCC(CC)(CNC(=O)c1cncc(NN)n1)SC. The molecule has 0 aliphatic heterocycles. The third-order valence-corrected chi connectivity index (χ3v) is 4.90. The summed E-state index contributed by atoms with van der Waals surface area (Å²) < 4.78 is 0.0762. The van der Waals surface area contributed by atoms with E-state index >= 15 is 0 Å². The van der Waals surface area contributed by atoms with Gasteiger partial charge in [-0.3, -0.25) is 9.78 Å². The molecule has 0 radical (unpaired) electrons. The van der Waals surface area contributed by atoms with E-state index < -0.39 is 0 Å². The molecule has 4 N–H and O–H groups in total. The van der Waals surface area contributed by atoms with E-state index in [9.17, 15) is 4.79 Å². The quantitative estimate of drug-likeness (QED) is 0.517. The van der Waals surface area contributed by atoms with Gasteiger partial charge in [-0.25, -0.2) is 10.8 Å². The zero-order chi connectivity index (χ0) is 14.3. The number of nitrogens with one attached hydrogen (secondary N) is 2. The fraction of sp³-hybridized carbons (Fsp3) is 0.583. The minimum absolute atomic E-state index is 0.0762. The average Bonchev–Trinajstić information content (AvgIpc) is 2.49. The van der Waals surface area contributed by atoms with Crippen LogP contribution in [0, 0.1) is 0 Å². The van der Waals surface area contributed by atoms with Crippen molar-refractivity contribution in [1.82, 2.24) is 15.3 Å². The van der Waals surface area contributed by atoms with Crippen molar-refractivity contribution in [3.05, 3.63) is 18.1 Å².